The van der Waals surface area contributed by atoms with Crippen LogP contribution in [0.1, 0.15) is 13.3 Å². The van der Waals surface area contributed by atoms with Gasteiger partial charge < -0.3 is 11.1 Å². The molecule has 0 rings (SSSR count). The van der Waals surface area contributed by atoms with Gasteiger partial charge in [-0.15, -0.1) is 0 Å². The molecule has 1 amide bonds. The Morgan fingerprint density at radius 2 is 2.13 bits per heavy atom. The quantitative estimate of drug-likeness (QED) is 0.693. The van der Waals surface area contributed by atoms with Crippen LogP contribution in [0.4, 0.5) is 13.2 Å². The van der Waals surface area contributed by atoms with Crippen molar-refractivity contribution in [3.05, 3.63) is 0 Å². The highest BCUT2D eigenvalue weighted by atomic mass is 32.2. The minimum atomic E-state index is -4.23. The summed E-state index contributed by atoms with van der Waals surface area (Å²) in [6, 6.07) is 0. The minimum Gasteiger partial charge on any atom is -0.355 e. The largest absolute Gasteiger partial charge is 0.441 e. The standard InChI is InChI=1S/C8H15F3N2OS/c1-6(5-12)4-7(14)13-2-3-15-8(9,10)11/h6H,2-5,12H2,1H3,(H,13,14). The first-order chi connectivity index (χ1) is 6.85. The van der Waals surface area contributed by atoms with Crippen molar-refractivity contribution in [3.8, 4) is 0 Å². The van der Waals surface area contributed by atoms with Gasteiger partial charge >= 0.3 is 5.51 Å². The Morgan fingerprint density at radius 1 is 1.53 bits per heavy atom. The predicted molar refractivity (Wildman–Crippen MR) is 54.4 cm³/mol. The molecule has 0 radical (unpaired) electrons. The Kier molecular flexibility index (Phi) is 6.75. The molecule has 1 unspecified atom stereocenters. The van der Waals surface area contributed by atoms with Crippen molar-refractivity contribution in [2.75, 3.05) is 18.8 Å². The molecule has 3 N–H and O–H groups in total. The minimum absolute atomic E-state index is 0.0281. The van der Waals surface area contributed by atoms with Crippen molar-refractivity contribution in [1.82, 2.24) is 5.32 Å². The van der Waals surface area contributed by atoms with Crippen LogP contribution in [0.25, 0.3) is 0 Å². The van der Waals surface area contributed by atoms with Crippen LogP contribution >= 0.6 is 11.8 Å². The van der Waals surface area contributed by atoms with Crippen LogP contribution < -0.4 is 11.1 Å². The van der Waals surface area contributed by atoms with E-state index >= 15 is 0 Å². The van der Waals surface area contributed by atoms with Crippen LogP contribution in [0.2, 0.25) is 0 Å². The number of nitrogens with two attached hydrogens (primary N) is 1. The van der Waals surface area contributed by atoms with E-state index < -0.39 is 5.51 Å². The van der Waals surface area contributed by atoms with Crippen LogP contribution in [0.15, 0.2) is 0 Å². The molecule has 0 bridgehead atoms. The van der Waals surface area contributed by atoms with Crippen LogP contribution in [-0.4, -0.2) is 30.3 Å². The lowest BCUT2D eigenvalue weighted by Gasteiger charge is -2.09. The molecule has 0 aromatic rings. The van der Waals surface area contributed by atoms with Crippen LogP contribution in [0, 0.1) is 5.92 Å². The second-order valence-electron chi connectivity index (χ2n) is 3.19. The van der Waals surface area contributed by atoms with E-state index in [9.17, 15) is 18.0 Å². The molecule has 0 fully saturated rings. The molecular formula is C8H15F3N2OS. The fraction of sp³-hybridized carbons (Fsp3) is 0.875. The lowest BCUT2D eigenvalue weighted by Crippen LogP contribution is -2.29. The van der Waals surface area contributed by atoms with E-state index in [1.165, 1.54) is 0 Å². The average Bonchev–Trinajstić information content (AvgIpc) is 2.11. The first-order valence-corrected chi connectivity index (χ1v) is 5.51. The van der Waals surface area contributed by atoms with E-state index in [4.69, 9.17) is 5.73 Å². The number of hydrogen-bond donors (Lipinski definition) is 2. The molecule has 0 heterocycles. The lowest BCUT2D eigenvalue weighted by atomic mass is 10.1. The number of nitrogens with one attached hydrogen (secondary N) is 1. The summed E-state index contributed by atoms with van der Waals surface area (Å²) in [5, 5.41) is 2.41. The summed E-state index contributed by atoms with van der Waals surface area (Å²) in [7, 11) is 0. The number of rotatable bonds is 6. The molecule has 3 nitrogen and oxygen atoms in total. The van der Waals surface area contributed by atoms with Gasteiger partial charge in [0, 0.05) is 18.7 Å². The van der Waals surface area contributed by atoms with Gasteiger partial charge in [-0.1, -0.05) is 6.92 Å². The Labute approximate surface area is 91.0 Å². The van der Waals surface area contributed by atoms with Gasteiger partial charge in [0.2, 0.25) is 5.91 Å². The highest BCUT2D eigenvalue weighted by Crippen LogP contribution is 2.29. The average molecular weight is 244 g/mol. The molecule has 1 atom stereocenters. The number of alkyl halides is 3. The molecule has 0 spiro atoms. The maximum Gasteiger partial charge on any atom is 0.441 e. The van der Waals surface area contributed by atoms with Gasteiger partial charge in [0.05, 0.1) is 0 Å². The SMILES string of the molecule is CC(CN)CC(=O)NCCSC(F)(F)F. The van der Waals surface area contributed by atoms with Gasteiger partial charge in [0.25, 0.3) is 0 Å². The molecule has 0 aliphatic heterocycles. The highest BCUT2D eigenvalue weighted by molar-refractivity contribution is 8.00. The summed E-state index contributed by atoms with van der Waals surface area (Å²) in [5.74, 6) is -0.359. The number of carbonyl (C=O) groups is 1. The molecular weight excluding hydrogens is 229 g/mol. The second-order valence-corrected chi connectivity index (χ2v) is 4.35. The molecule has 7 heteroatoms. The van der Waals surface area contributed by atoms with Crippen LogP contribution in [0.3, 0.4) is 0 Å². The third-order valence-corrected chi connectivity index (χ3v) is 2.36. The number of thioether (sulfide) groups is 1. The van der Waals surface area contributed by atoms with Gasteiger partial charge in [-0.2, -0.15) is 13.2 Å². The molecule has 0 aliphatic carbocycles. The summed E-state index contributed by atoms with van der Waals surface area (Å²) in [5.41, 5.74) is 1.07. The zero-order chi connectivity index (χ0) is 11.9. The maximum atomic E-state index is 11.7. The maximum absolute atomic E-state index is 11.7. The van der Waals surface area contributed by atoms with Gasteiger partial charge in [0.15, 0.2) is 0 Å². The third-order valence-electron chi connectivity index (χ3n) is 1.63. The molecule has 15 heavy (non-hydrogen) atoms. The third kappa shape index (κ3) is 9.86. The topological polar surface area (TPSA) is 55.1 Å². The molecule has 0 aromatic heterocycles. The van der Waals surface area contributed by atoms with Crippen LogP contribution in [0.5, 0.6) is 0 Å². The van der Waals surface area contributed by atoms with Crippen molar-refractivity contribution >= 4 is 17.7 Å². The van der Waals surface area contributed by atoms with Gasteiger partial charge in [-0.05, 0) is 24.2 Å². The number of hydrogen-bond acceptors (Lipinski definition) is 3. The zero-order valence-electron chi connectivity index (χ0n) is 8.43. The van der Waals surface area contributed by atoms with Crippen molar-refractivity contribution in [1.29, 1.82) is 0 Å². The van der Waals surface area contributed by atoms with E-state index in [1.807, 2.05) is 6.92 Å². The monoisotopic (exact) mass is 244 g/mol. The van der Waals surface area contributed by atoms with Crippen molar-refractivity contribution in [3.63, 3.8) is 0 Å². The van der Waals surface area contributed by atoms with E-state index in [1.54, 1.807) is 0 Å². The van der Waals surface area contributed by atoms with E-state index in [0.29, 0.717) is 6.54 Å². The van der Waals surface area contributed by atoms with E-state index in [2.05, 4.69) is 5.32 Å². The van der Waals surface area contributed by atoms with E-state index in [0.717, 1.165) is 0 Å². The summed E-state index contributed by atoms with van der Waals surface area (Å²) in [6.45, 7) is 2.23. The van der Waals surface area contributed by atoms with Gasteiger partial charge in [-0.25, -0.2) is 0 Å². The fourth-order valence-electron chi connectivity index (χ4n) is 0.829. The number of carbonyl (C=O) groups excluding carboxylic acids is 1. The first kappa shape index (κ1) is 14.6. The molecule has 0 aliphatic rings. The summed E-state index contributed by atoms with van der Waals surface area (Å²) in [6.07, 6.45) is 0.257. The van der Waals surface area contributed by atoms with E-state index in [-0.39, 0.29) is 42.3 Å². The molecule has 90 valence electrons. The summed E-state index contributed by atoms with van der Waals surface area (Å²) < 4.78 is 35.0. The Morgan fingerprint density at radius 3 is 2.60 bits per heavy atom. The molecule has 0 aromatic carbocycles. The Balaban J connectivity index is 3.48. The van der Waals surface area contributed by atoms with Gasteiger partial charge in [-0.3, -0.25) is 4.79 Å². The molecule has 0 saturated carbocycles. The number of amides is 1. The summed E-state index contributed by atoms with van der Waals surface area (Å²) >= 11 is -0.139. The Bertz CT molecular complexity index is 199. The second kappa shape index (κ2) is 6.95. The highest BCUT2D eigenvalue weighted by Gasteiger charge is 2.27. The summed E-state index contributed by atoms with van der Waals surface area (Å²) in [4.78, 5) is 11.1. The van der Waals surface area contributed by atoms with Crippen LogP contribution in [-0.2, 0) is 4.79 Å². The zero-order valence-corrected chi connectivity index (χ0v) is 9.25. The predicted octanol–water partition coefficient (Wildman–Crippen LogP) is 1.34. The van der Waals surface area contributed by atoms with Gasteiger partial charge in [0.1, 0.15) is 0 Å². The smallest absolute Gasteiger partial charge is 0.355 e. The number of halogens is 3. The normalized spacial score (nSPS) is 13.7. The van der Waals surface area contributed by atoms with Crippen molar-refractivity contribution in [2.24, 2.45) is 11.7 Å². The first-order valence-electron chi connectivity index (χ1n) is 4.52. The lowest BCUT2D eigenvalue weighted by molar-refractivity contribution is -0.121. The fourth-order valence-corrected chi connectivity index (χ4v) is 1.26. The van der Waals surface area contributed by atoms with Crippen molar-refractivity contribution < 1.29 is 18.0 Å². The molecule has 0 saturated heterocycles. The Hall–Kier alpha value is -0.430. The van der Waals surface area contributed by atoms with Crippen molar-refractivity contribution in [2.45, 2.75) is 18.9 Å².